The van der Waals surface area contributed by atoms with Crippen molar-refractivity contribution >= 4 is 16.3 Å². The zero-order valence-electron chi connectivity index (χ0n) is 20.5. The zero-order valence-corrected chi connectivity index (χ0v) is 20.5. The predicted molar refractivity (Wildman–Crippen MR) is 144 cm³/mol. The highest BCUT2D eigenvalue weighted by Gasteiger charge is 2.24. The molecule has 3 rings (SSSR count). The van der Waals surface area contributed by atoms with Crippen molar-refractivity contribution in [2.24, 2.45) is 5.92 Å². The van der Waals surface area contributed by atoms with E-state index in [4.69, 9.17) is 0 Å². The van der Waals surface area contributed by atoms with Crippen molar-refractivity contribution in [1.82, 2.24) is 0 Å². The second-order valence-electron chi connectivity index (χ2n) is 9.53. The van der Waals surface area contributed by atoms with E-state index in [1.807, 2.05) is 6.08 Å². The summed E-state index contributed by atoms with van der Waals surface area (Å²) < 4.78 is 0. The van der Waals surface area contributed by atoms with Gasteiger partial charge >= 0.3 is 0 Å². The van der Waals surface area contributed by atoms with E-state index in [9.17, 15) is 0 Å². The van der Waals surface area contributed by atoms with Crippen molar-refractivity contribution in [3.05, 3.63) is 113 Å². The van der Waals surface area contributed by atoms with E-state index in [-0.39, 0.29) is 0 Å². The van der Waals surface area contributed by atoms with E-state index in [2.05, 4.69) is 108 Å². The summed E-state index contributed by atoms with van der Waals surface area (Å²) >= 11 is 0. The minimum atomic E-state index is 0.464. The van der Waals surface area contributed by atoms with Crippen molar-refractivity contribution in [2.75, 3.05) is 0 Å². The first-order chi connectivity index (χ1) is 15.4. The quantitative estimate of drug-likeness (QED) is 0.353. The minimum absolute atomic E-state index is 0.464. The van der Waals surface area contributed by atoms with Crippen molar-refractivity contribution < 1.29 is 0 Å². The van der Waals surface area contributed by atoms with Crippen LogP contribution in [0.5, 0.6) is 0 Å². The highest BCUT2D eigenvalue weighted by atomic mass is 14.3. The molecule has 0 aliphatic heterocycles. The SMILES string of the molecule is C=C/C=C\C1=C(CCC(C)C)CC(C(=C)c2cc(C(C)C)c3ccccc3c2)=C1/C=C\C. The van der Waals surface area contributed by atoms with Gasteiger partial charge in [0.25, 0.3) is 0 Å². The minimum Gasteiger partial charge on any atom is -0.0991 e. The lowest BCUT2D eigenvalue weighted by Gasteiger charge is -2.16. The Morgan fingerprint density at radius 1 is 1.03 bits per heavy atom. The van der Waals surface area contributed by atoms with Gasteiger partial charge in [0.15, 0.2) is 0 Å². The van der Waals surface area contributed by atoms with Crippen LogP contribution in [0.4, 0.5) is 0 Å². The smallest absolute Gasteiger partial charge is 0.00458 e. The van der Waals surface area contributed by atoms with Gasteiger partial charge in [-0.15, -0.1) is 0 Å². The number of rotatable bonds is 9. The molecule has 0 saturated heterocycles. The van der Waals surface area contributed by atoms with Gasteiger partial charge in [-0.2, -0.15) is 0 Å². The summed E-state index contributed by atoms with van der Waals surface area (Å²) in [5.74, 6) is 1.16. The number of fused-ring (bicyclic) bond motifs is 1. The van der Waals surface area contributed by atoms with Gasteiger partial charge in [-0.25, -0.2) is 0 Å². The Bertz CT molecular complexity index is 1130. The van der Waals surface area contributed by atoms with Gasteiger partial charge in [-0.1, -0.05) is 107 Å². The third-order valence-electron chi connectivity index (χ3n) is 6.37. The van der Waals surface area contributed by atoms with Gasteiger partial charge in [-0.05, 0) is 88.3 Å². The molecule has 2 aromatic carbocycles. The van der Waals surface area contributed by atoms with Crippen LogP contribution in [0, 0.1) is 5.92 Å². The molecule has 0 aromatic heterocycles. The summed E-state index contributed by atoms with van der Waals surface area (Å²) in [7, 11) is 0. The van der Waals surface area contributed by atoms with E-state index in [1.165, 1.54) is 50.6 Å². The summed E-state index contributed by atoms with van der Waals surface area (Å²) in [4.78, 5) is 0. The lowest BCUT2D eigenvalue weighted by molar-refractivity contribution is 0.581. The van der Waals surface area contributed by atoms with Crippen LogP contribution >= 0.6 is 0 Å². The molecule has 32 heavy (non-hydrogen) atoms. The van der Waals surface area contributed by atoms with Gasteiger partial charge in [0.05, 0.1) is 0 Å². The molecule has 0 spiro atoms. The first-order valence-electron chi connectivity index (χ1n) is 12.0. The molecular formula is C32H38. The largest absolute Gasteiger partial charge is 0.0991 e. The maximum absolute atomic E-state index is 4.63. The maximum Gasteiger partial charge on any atom is -0.00458 e. The normalized spacial score (nSPS) is 14.8. The molecule has 0 radical (unpaired) electrons. The van der Waals surface area contributed by atoms with E-state index < -0.39 is 0 Å². The van der Waals surface area contributed by atoms with Gasteiger partial charge in [0.1, 0.15) is 0 Å². The van der Waals surface area contributed by atoms with Crippen LogP contribution in [0.1, 0.15) is 70.9 Å². The number of hydrogen-bond acceptors (Lipinski definition) is 0. The fraction of sp³-hybridized carbons (Fsp3) is 0.312. The molecule has 0 unspecified atom stereocenters. The van der Waals surface area contributed by atoms with Crippen molar-refractivity contribution in [3.8, 4) is 0 Å². The average molecular weight is 423 g/mol. The third kappa shape index (κ3) is 5.13. The standard InChI is InChI=1S/C32H38/c1-8-10-15-28-26(18-17-22(3)4)20-32(30(28)13-9-2)24(7)27-19-25-14-11-12-16-29(25)31(21-27)23(5)6/h8-16,19,21-23H,1,7,17-18,20H2,2-6H3/b13-9-,15-10-. The topological polar surface area (TPSA) is 0 Å². The lowest BCUT2D eigenvalue weighted by atomic mass is 9.88. The first-order valence-corrected chi connectivity index (χ1v) is 12.0. The third-order valence-corrected chi connectivity index (χ3v) is 6.37. The second kappa shape index (κ2) is 10.6. The van der Waals surface area contributed by atoms with Crippen LogP contribution in [0.15, 0.2) is 102 Å². The predicted octanol–water partition coefficient (Wildman–Crippen LogP) is 9.73. The molecule has 1 aliphatic carbocycles. The Morgan fingerprint density at radius 2 is 1.78 bits per heavy atom. The number of allylic oxidation sites excluding steroid dienone is 10. The molecule has 2 aromatic rings. The summed E-state index contributed by atoms with van der Waals surface area (Å²) in [6.45, 7) is 19.8. The van der Waals surface area contributed by atoms with E-state index in [0.29, 0.717) is 11.8 Å². The van der Waals surface area contributed by atoms with Gasteiger partial charge in [0.2, 0.25) is 0 Å². The monoisotopic (exact) mass is 422 g/mol. The van der Waals surface area contributed by atoms with E-state index >= 15 is 0 Å². The Kier molecular flexibility index (Phi) is 7.91. The van der Waals surface area contributed by atoms with Crippen LogP contribution in [0.3, 0.4) is 0 Å². The molecular weight excluding hydrogens is 384 g/mol. The van der Waals surface area contributed by atoms with Crippen molar-refractivity contribution in [2.45, 2.75) is 59.8 Å². The Hall–Kier alpha value is -2.86. The number of benzene rings is 2. The zero-order chi connectivity index (χ0) is 23.3. The van der Waals surface area contributed by atoms with Crippen LogP contribution in [0.2, 0.25) is 0 Å². The summed E-state index contributed by atoms with van der Waals surface area (Å²) in [5, 5.41) is 2.64. The van der Waals surface area contributed by atoms with Crippen LogP contribution in [0.25, 0.3) is 16.3 Å². The van der Waals surface area contributed by atoms with E-state index in [0.717, 1.165) is 18.4 Å². The molecule has 0 fully saturated rings. The van der Waals surface area contributed by atoms with Crippen LogP contribution in [-0.2, 0) is 0 Å². The Morgan fingerprint density at radius 3 is 2.44 bits per heavy atom. The van der Waals surface area contributed by atoms with Crippen LogP contribution in [-0.4, -0.2) is 0 Å². The Balaban J connectivity index is 2.11. The van der Waals surface area contributed by atoms with Gasteiger partial charge in [0, 0.05) is 0 Å². The fourth-order valence-electron chi connectivity index (χ4n) is 4.61. The fourth-order valence-corrected chi connectivity index (χ4v) is 4.61. The lowest BCUT2D eigenvalue weighted by Crippen LogP contribution is -1.96. The summed E-state index contributed by atoms with van der Waals surface area (Å²) in [6, 6.07) is 13.4. The van der Waals surface area contributed by atoms with Crippen molar-refractivity contribution in [3.63, 3.8) is 0 Å². The van der Waals surface area contributed by atoms with Crippen LogP contribution < -0.4 is 0 Å². The maximum atomic E-state index is 4.63. The molecule has 0 nitrogen and oxygen atoms in total. The highest BCUT2D eigenvalue weighted by Crippen LogP contribution is 2.43. The van der Waals surface area contributed by atoms with Gasteiger partial charge in [-0.3, -0.25) is 0 Å². The first kappa shape index (κ1) is 23.8. The molecule has 0 heteroatoms. The summed E-state index contributed by atoms with van der Waals surface area (Å²) in [6.07, 6.45) is 13.9. The van der Waals surface area contributed by atoms with E-state index in [1.54, 1.807) is 0 Å². The second-order valence-corrected chi connectivity index (χ2v) is 9.53. The van der Waals surface area contributed by atoms with Crippen molar-refractivity contribution in [1.29, 1.82) is 0 Å². The molecule has 0 saturated carbocycles. The number of hydrogen-bond donors (Lipinski definition) is 0. The molecule has 1 aliphatic rings. The Labute approximate surface area is 195 Å². The molecule has 0 N–H and O–H groups in total. The highest BCUT2D eigenvalue weighted by molar-refractivity contribution is 5.93. The average Bonchev–Trinajstić information content (AvgIpc) is 3.12. The molecule has 166 valence electrons. The van der Waals surface area contributed by atoms with Gasteiger partial charge < -0.3 is 0 Å². The molecule has 0 bridgehead atoms. The molecule has 0 amide bonds. The summed E-state index contributed by atoms with van der Waals surface area (Å²) in [5.41, 5.74) is 9.32. The molecule has 0 atom stereocenters. The molecule has 0 heterocycles.